The van der Waals surface area contributed by atoms with Crippen LogP contribution in [0, 0.1) is 16.7 Å². The van der Waals surface area contributed by atoms with Crippen LogP contribution in [0.3, 0.4) is 0 Å². The Bertz CT molecular complexity index is 607. The summed E-state index contributed by atoms with van der Waals surface area (Å²) in [6.07, 6.45) is 5.01. The van der Waals surface area contributed by atoms with Gasteiger partial charge in [0.25, 0.3) is 0 Å². The molecule has 0 saturated heterocycles. The van der Waals surface area contributed by atoms with E-state index in [0.717, 1.165) is 37.3 Å². The van der Waals surface area contributed by atoms with Gasteiger partial charge in [0.1, 0.15) is 17.1 Å². The molecule has 1 saturated carbocycles. The molecule has 1 atom stereocenters. The molecule has 2 heterocycles. The van der Waals surface area contributed by atoms with Gasteiger partial charge in [-0.15, -0.1) is 10.2 Å². The molecule has 1 aromatic rings. The fourth-order valence-electron chi connectivity index (χ4n) is 3.58. The van der Waals surface area contributed by atoms with E-state index in [1.54, 1.807) is 0 Å². The third-order valence-corrected chi connectivity index (χ3v) is 4.93. The molecule has 1 aromatic heterocycles. The second kappa shape index (κ2) is 5.71. The van der Waals surface area contributed by atoms with Gasteiger partial charge in [0.2, 0.25) is 5.91 Å². The first kappa shape index (κ1) is 15.0. The Labute approximate surface area is 130 Å². The lowest BCUT2D eigenvalue weighted by molar-refractivity contribution is -0.128. The second-order valence-corrected chi connectivity index (χ2v) is 6.85. The van der Waals surface area contributed by atoms with E-state index in [1.807, 2.05) is 0 Å². The number of hydrogen-bond donors (Lipinski definition) is 1. The number of carbonyl (C=O) groups excluding carboxylic acids is 1. The largest absolute Gasteiger partial charge is 0.350 e. The van der Waals surface area contributed by atoms with Crippen molar-refractivity contribution >= 4 is 5.91 Å². The van der Waals surface area contributed by atoms with Gasteiger partial charge in [0.15, 0.2) is 0 Å². The minimum absolute atomic E-state index is 0.0688. The third kappa shape index (κ3) is 2.49. The van der Waals surface area contributed by atoms with Crippen LogP contribution in [0.1, 0.15) is 63.5 Å². The maximum Gasteiger partial charge on any atom is 0.240 e. The van der Waals surface area contributed by atoms with Crippen molar-refractivity contribution in [3.8, 4) is 6.07 Å². The molecule has 0 radical (unpaired) electrons. The highest BCUT2D eigenvalue weighted by Crippen LogP contribution is 2.37. The number of nitriles is 1. The zero-order chi connectivity index (χ0) is 15.7. The first-order chi connectivity index (χ1) is 10.6. The molecule has 22 heavy (non-hydrogen) atoms. The molecule has 6 nitrogen and oxygen atoms in total. The maximum atomic E-state index is 12.6. The summed E-state index contributed by atoms with van der Waals surface area (Å²) in [5.41, 5.74) is -0.797. The molecular formula is C16H23N5O. The Morgan fingerprint density at radius 1 is 1.41 bits per heavy atom. The van der Waals surface area contributed by atoms with Crippen LogP contribution in [0.5, 0.6) is 0 Å². The second-order valence-electron chi connectivity index (χ2n) is 6.85. The van der Waals surface area contributed by atoms with Crippen molar-refractivity contribution in [2.45, 2.75) is 70.9 Å². The summed E-state index contributed by atoms with van der Waals surface area (Å²) in [4.78, 5) is 12.6. The molecule has 1 aliphatic heterocycles. The van der Waals surface area contributed by atoms with E-state index in [-0.39, 0.29) is 11.9 Å². The molecule has 118 valence electrons. The molecule has 1 fully saturated rings. The van der Waals surface area contributed by atoms with E-state index in [2.05, 4.69) is 40.0 Å². The van der Waals surface area contributed by atoms with Crippen LogP contribution in [0.15, 0.2) is 0 Å². The van der Waals surface area contributed by atoms with Gasteiger partial charge in [-0.25, -0.2) is 0 Å². The fraction of sp³-hybridized carbons (Fsp3) is 0.750. The topological polar surface area (TPSA) is 83.6 Å². The number of fused-ring (bicyclic) bond motifs is 1. The molecule has 6 heteroatoms. The zero-order valence-corrected chi connectivity index (χ0v) is 13.3. The fourth-order valence-corrected chi connectivity index (χ4v) is 3.58. The van der Waals surface area contributed by atoms with Crippen LogP contribution in [-0.2, 0) is 17.8 Å². The number of aromatic nitrogens is 3. The van der Waals surface area contributed by atoms with Crippen LogP contribution < -0.4 is 5.32 Å². The van der Waals surface area contributed by atoms with Crippen LogP contribution in [0.2, 0.25) is 0 Å². The third-order valence-electron chi connectivity index (χ3n) is 4.93. The Morgan fingerprint density at radius 3 is 2.77 bits per heavy atom. The lowest BCUT2D eigenvalue weighted by atomic mass is 9.86. The summed E-state index contributed by atoms with van der Waals surface area (Å²) >= 11 is 0. The summed E-state index contributed by atoms with van der Waals surface area (Å²) in [5, 5.41) is 21.0. The van der Waals surface area contributed by atoms with Crippen LogP contribution in [0.25, 0.3) is 0 Å². The highest BCUT2D eigenvalue weighted by molar-refractivity contribution is 5.86. The molecule has 1 unspecified atom stereocenters. The molecule has 1 aliphatic carbocycles. The molecule has 0 spiro atoms. The maximum absolute atomic E-state index is 12.6. The Morgan fingerprint density at radius 2 is 2.14 bits per heavy atom. The zero-order valence-electron chi connectivity index (χ0n) is 13.3. The first-order valence-corrected chi connectivity index (χ1v) is 8.20. The van der Waals surface area contributed by atoms with Crippen molar-refractivity contribution in [2.75, 3.05) is 0 Å². The van der Waals surface area contributed by atoms with E-state index in [1.165, 1.54) is 0 Å². The summed E-state index contributed by atoms with van der Waals surface area (Å²) in [6, 6.07) is 2.34. The lowest BCUT2D eigenvalue weighted by Gasteiger charge is -2.29. The van der Waals surface area contributed by atoms with E-state index in [9.17, 15) is 10.1 Å². The van der Waals surface area contributed by atoms with Crippen molar-refractivity contribution in [1.29, 1.82) is 5.26 Å². The highest BCUT2D eigenvalue weighted by atomic mass is 16.2. The molecule has 2 aliphatic rings. The van der Waals surface area contributed by atoms with Crippen LogP contribution in [-0.4, -0.2) is 26.7 Å². The molecule has 3 rings (SSSR count). The minimum Gasteiger partial charge on any atom is -0.350 e. The lowest BCUT2D eigenvalue weighted by Crippen LogP contribution is -2.47. The summed E-state index contributed by atoms with van der Waals surface area (Å²) in [6.45, 7) is 4.91. The van der Waals surface area contributed by atoms with Gasteiger partial charge < -0.3 is 9.88 Å². The van der Waals surface area contributed by atoms with Gasteiger partial charge in [-0.05, 0) is 19.3 Å². The van der Waals surface area contributed by atoms with Crippen LogP contribution in [0.4, 0.5) is 0 Å². The number of carbonyl (C=O) groups is 1. The summed E-state index contributed by atoms with van der Waals surface area (Å²) < 4.78 is 2.13. The smallest absolute Gasteiger partial charge is 0.240 e. The van der Waals surface area contributed by atoms with Crippen molar-refractivity contribution in [2.24, 2.45) is 5.41 Å². The minimum atomic E-state index is -0.797. The standard InChI is InChI=1S/C16H23N5O/c1-11(2)14-20-19-13-6-5-12(9-21(13)14)18-15(22)16(10-17)7-3-4-8-16/h11-12H,3-9H2,1-2H3,(H,18,22). The van der Waals surface area contributed by atoms with Gasteiger partial charge in [0.05, 0.1) is 6.07 Å². The first-order valence-electron chi connectivity index (χ1n) is 8.20. The molecule has 0 bridgehead atoms. The quantitative estimate of drug-likeness (QED) is 0.924. The van der Waals surface area contributed by atoms with E-state index in [4.69, 9.17) is 0 Å². The average molecular weight is 301 g/mol. The van der Waals surface area contributed by atoms with Gasteiger partial charge in [-0.3, -0.25) is 4.79 Å². The van der Waals surface area contributed by atoms with Gasteiger partial charge in [-0.1, -0.05) is 26.7 Å². The van der Waals surface area contributed by atoms with Crippen molar-refractivity contribution in [3.63, 3.8) is 0 Å². The monoisotopic (exact) mass is 301 g/mol. The SMILES string of the molecule is CC(C)c1nnc2n1CC(NC(=O)C1(C#N)CCCC1)CC2. The van der Waals surface area contributed by atoms with Gasteiger partial charge >= 0.3 is 0 Å². The Kier molecular flexibility index (Phi) is 3.90. The molecule has 0 aromatic carbocycles. The average Bonchev–Trinajstić information content (AvgIpc) is 3.14. The normalized spacial score (nSPS) is 23.1. The molecule has 1 N–H and O–H groups in total. The Balaban J connectivity index is 1.71. The molecule has 1 amide bonds. The number of nitrogens with one attached hydrogen (secondary N) is 1. The Hall–Kier alpha value is -1.90. The summed E-state index contributed by atoms with van der Waals surface area (Å²) in [5.74, 6) is 2.21. The number of rotatable bonds is 3. The predicted molar refractivity (Wildman–Crippen MR) is 80.9 cm³/mol. The molecular weight excluding hydrogens is 278 g/mol. The van der Waals surface area contributed by atoms with Crippen molar-refractivity contribution < 1.29 is 4.79 Å². The van der Waals surface area contributed by atoms with Crippen LogP contribution >= 0.6 is 0 Å². The van der Waals surface area contributed by atoms with E-state index >= 15 is 0 Å². The number of hydrogen-bond acceptors (Lipinski definition) is 4. The number of amides is 1. The number of nitrogens with zero attached hydrogens (tertiary/aromatic N) is 4. The van der Waals surface area contributed by atoms with Crippen molar-refractivity contribution in [1.82, 2.24) is 20.1 Å². The van der Waals surface area contributed by atoms with Gasteiger partial charge in [0, 0.05) is 24.9 Å². The van der Waals surface area contributed by atoms with E-state index < -0.39 is 5.41 Å². The highest BCUT2D eigenvalue weighted by Gasteiger charge is 2.42. The predicted octanol–water partition coefficient (Wildman–Crippen LogP) is 1.92. The van der Waals surface area contributed by atoms with Crippen molar-refractivity contribution in [3.05, 3.63) is 11.6 Å². The van der Waals surface area contributed by atoms with Gasteiger partial charge in [-0.2, -0.15) is 5.26 Å². The van der Waals surface area contributed by atoms with E-state index in [0.29, 0.717) is 25.3 Å². The number of aryl methyl sites for hydroxylation is 1. The summed E-state index contributed by atoms with van der Waals surface area (Å²) in [7, 11) is 0.